The highest BCUT2D eigenvalue weighted by atomic mass is 28.3. The number of aryl methyl sites for hydroxylation is 1. The van der Waals surface area contributed by atoms with E-state index in [1.807, 2.05) is 23.0 Å². The molecule has 10 heteroatoms. The molecule has 0 bridgehead atoms. The standard InChI is InChI=1S/C30H44N4O4Si2/c1-22-17-28(38-21-37-14-16-40(6,7)8)27(35-2)19-25(22)23-9-10-24-26(18-23)34(20-36-13-15-39(3,4)5)33-29(24)30-31-11-12-32-30/h9-12,17-19H,13-16,20-21H2,1-8H3,(H,31,32). The molecular formula is C30H44N4O4Si2. The van der Waals surface area contributed by atoms with Crippen LogP contribution in [0.3, 0.4) is 0 Å². The SMILES string of the molecule is COc1cc(-c2ccc3c(-c4ncc[nH]4)nn(COCC[Si](C)(C)C)c3c2)c(C)cc1OCOCC[Si](C)(C)C. The number of nitrogens with one attached hydrogen (secondary N) is 1. The summed E-state index contributed by atoms with van der Waals surface area (Å²) in [5.74, 6) is 2.10. The fourth-order valence-corrected chi connectivity index (χ4v) is 5.84. The van der Waals surface area contributed by atoms with Crippen molar-refractivity contribution >= 4 is 27.1 Å². The maximum atomic E-state index is 6.09. The summed E-state index contributed by atoms with van der Waals surface area (Å²) < 4.78 is 25.4. The fourth-order valence-electron chi connectivity index (χ4n) is 4.33. The zero-order valence-electron chi connectivity index (χ0n) is 25.3. The van der Waals surface area contributed by atoms with Crippen molar-refractivity contribution < 1.29 is 18.9 Å². The molecule has 4 aromatic rings. The van der Waals surface area contributed by atoms with Crippen molar-refractivity contribution in [1.29, 1.82) is 0 Å². The summed E-state index contributed by atoms with van der Waals surface area (Å²) in [6, 6.07) is 12.7. The van der Waals surface area contributed by atoms with E-state index < -0.39 is 16.1 Å². The molecule has 0 radical (unpaired) electrons. The number of imidazole rings is 1. The first kappa shape index (κ1) is 30.0. The van der Waals surface area contributed by atoms with Crippen molar-refractivity contribution in [2.24, 2.45) is 0 Å². The molecule has 2 aromatic carbocycles. The van der Waals surface area contributed by atoms with Crippen LogP contribution in [0.5, 0.6) is 11.5 Å². The number of methoxy groups -OCH3 is 1. The first-order chi connectivity index (χ1) is 18.9. The van der Waals surface area contributed by atoms with Crippen LogP contribution in [0.1, 0.15) is 5.56 Å². The number of benzene rings is 2. The topological polar surface area (TPSA) is 83.4 Å². The number of rotatable bonds is 14. The third-order valence-corrected chi connectivity index (χ3v) is 10.2. The number of hydrogen-bond acceptors (Lipinski definition) is 6. The smallest absolute Gasteiger partial charge is 0.189 e. The van der Waals surface area contributed by atoms with Gasteiger partial charge in [-0.2, -0.15) is 5.10 Å². The molecule has 0 amide bonds. The average Bonchev–Trinajstić information content (AvgIpc) is 3.53. The molecule has 0 aliphatic heterocycles. The second-order valence-corrected chi connectivity index (χ2v) is 23.9. The first-order valence-electron chi connectivity index (χ1n) is 13.9. The number of hydrogen-bond donors (Lipinski definition) is 1. The second-order valence-electron chi connectivity index (χ2n) is 12.7. The zero-order valence-corrected chi connectivity index (χ0v) is 27.3. The third-order valence-electron chi connectivity index (χ3n) is 6.80. The summed E-state index contributed by atoms with van der Waals surface area (Å²) in [6.07, 6.45) is 3.56. The number of fused-ring (bicyclic) bond motifs is 1. The van der Waals surface area contributed by atoms with Gasteiger partial charge in [-0.15, -0.1) is 0 Å². The van der Waals surface area contributed by atoms with Gasteiger partial charge in [-0.25, -0.2) is 9.67 Å². The Morgan fingerprint density at radius 3 is 2.27 bits per heavy atom. The van der Waals surface area contributed by atoms with Crippen LogP contribution in [0.25, 0.3) is 33.5 Å². The molecule has 2 aromatic heterocycles. The minimum absolute atomic E-state index is 0.206. The number of H-pyrrole nitrogens is 1. The molecule has 2 heterocycles. The van der Waals surface area contributed by atoms with E-state index in [9.17, 15) is 0 Å². The van der Waals surface area contributed by atoms with E-state index in [0.29, 0.717) is 24.8 Å². The van der Waals surface area contributed by atoms with E-state index in [1.165, 1.54) is 0 Å². The van der Waals surface area contributed by atoms with Crippen molar-refractivity contribution in [3.8, 4) is 34.1 Å². The third kappa shape index (κ3) is 7.84. The monoisotopic (exact) mass is 580 g/mol. The lowest BCUT2D eigenvalue weighted by atomic mass is 9.98. The normalized spacial score (nSPS) is 12.3. The summed E-state index contributed by atoms with van der Waals surface area (Å²) in [5, 5.41) is 5.91. The van der Waals surface area contributed by atoms with Crippen LogP contribution >= 0.6 is 0 Å². The van der Waals surface area contributed by atoms with Gasteiger partial charge in [0, 0.05) is 47.1 Å². The molecule has 0 saturated carbocycles. The van der Waals surface area contributed by atoms with Crippen LogP contribution in [0.4, 0.5) is 0 Å². The summed E-state index contributed by atoms with van der Waals surface area (Å²) in [6.45, 7) is 18.2. The maximum absolute atomic E-state index is 6.09. The quantitative estimate of drug-likeness (QED) is 0.0950. The molecule has 40 heavy (non-hydrogen) atoms. The first-order valence-corrected chi connectivity index (χ1v) is 21.3. The lowest BCUT2D eigenvalue weighted by Crippen LogP contribution is -2.22. The molecule has 0 aliphatic rings. The van der Waals surface area contributed by atoms with Gasteiger partial charge in [-0.3, -0.25) is 0 Å². The highest BCUT2D eigenvalue weighted by Crippen LogP contribution is 2.37. The molecular weight excluding hydrogens is 537 g/mol. The summed E-state index contributed by atoms with van der Waals surface area (Å²) >= 11 is 0. The van der Waals surface area contributed by atoms with Crippen LogP contribution in [-0.4, -0.2) is 63.0 Å². The lowest BCUT2D eigenvalue weighted by Gasteiger charge is -2.17. The Kier molecular flexibility index (Phi) is 9.55. The summed E-state index contributed by atoms with van der Waals surface area (Å²) in [4.78, 5) is 7.64. The van der Waals surface area contributed by atoms with Crippen LogP contribution in [0.2, 0.25) is 51.4 Å². The van der Waals surface area contributed by atoms with Gasteiger partial charge in [0.05, 0.1) is 12.6 Å². The Morgan fingerprint density at radius 1 is 0.900 bits per heavy atom. The van der Waals surface area contributed by atoms with Crippen LogP contribution < -0.4 is 9.47 Å². The van der Waals surface area contributed by atoms with Gasteiger partial charge in [-0.05, 0) is 60.0 Å². The van der Waals surface area contributed by atoms with Crippen LogP contribution in [0, 0.1) is 6.92 Å². The lowest BCUT2D eigenvalue weighted by molar-refractivity contribution is 0.0205. The van der Waals surface area contributed by atoms with Gasteiger partial charge in [0.1, 0.15) is 12.4 Å². The van der Waals surface area contributed by atoms with E-state index >= 15 is 0 Å². The van der Waals surface area contributed by atoms with Crippen molar-refractivity contribution in [3.63, 3.8) is 0 Å². The van der Waals surface area contributed by atoms with E-state index in [4.69, 9.17) is 24.0 Å². The zero-order chi connectivity index (χ0) is 28.9. The Labute approximate surface area is 240 Å². The Bertz CT molecular complexity index is 1410. The molecule has 0 unspecified atom stereocenters. The van der Waals surface area contributed by atoms with E-state index in [0.717, 1.165) is 57.8 Å². The van der Waals surface area contributed by atoms with E-state index in [2.05, 4.69) is 74.4 Å². The Balaban J connectivity index is 1.60. The van der Waals surface area contributed by atoms with Gasteiger partial charge in [0.25, 0.3) is 0 Å². The van der Waals surface area contributed by atoms with Gasteiger partial charge >= 0.3 is 0 Å². The summed E-state index contributed by atoms with van der Waals surface area (Å²) in [7, 11) is -0.650. The van der Waals surface area contributed by atoms with Gasteiger partial charge in [-0.1, -0.05) is 45.3 Å². The molecule has 0 atom stereocenters. The van der Waals surface area contributed by atoms with E-state index in [1.54, 1.807) is 13.3 Å². The molecule has 1 N–H and O–H groups in total. The van der Waals surface area contributed by atoms with E-state index in [-0.39, 0.29) is 6.79 Å². The number of aromatic amines is 1. The number of ether oxygens (including phenoxy) is 4. The predicted octanol–water partition coefficient (Wildman–Crippen LogP) is 7.41. The molecule has 4 rings (SSSR count). The minimum atomic E-state index is -1.18. The van der Waals surface area contributed by atoms with Gasteiger partial charge in [0.2, 0.25) is 0 Å². The minimum Gasteiger partial charge on any atom is -0.493 e. The van der Waals surface area contributed by atoms with Crippen molar-refractivity contribution in [2.75, 3.05) is 27.1 Å². The van der Waals surface area contributed by atoms with Crippen LogP contribution in [0.15, 0.2) is 42.7 Å². The molecule has 0 spiro atoms. The molecule has 216 valence electrons. The highest BCUT2D eigenvalue weighted by Gasteiger charge is 2.18. The Hall–Kier alpha value is -2.93. The van der Waals surface area contributed by atoms with Gasteiger partial charge < -0.3 is 23.9 Å². The summed E-state index contributed by atoms with van der Waals surface area (Å²) in [5.41, 5.74) is 5.02. The van der Waals surface area contributed by atoms with Gasteiger partial charge in [0.15, 0.2) is 24.1 Å². The second kappa shape index (κ2) is 12.7. The predicted molar refractivity (Wildman–Crippen MR) is 168 cm³/mol. The van der Waals surface area contributed by atoms with Crippen molar-refractivity contribution in [3.05, 3.63) is 48.3 Å². The maximum Gasteiger partial charge on any atom is 0.189 e. The van der Waals surface area contributed by atoms with Crippen LogP contribution in [-0.2, 0) is 16.2 Å². The molecule has 0 aliphatic carbocycles. The Morgan fingerprint density at radius 2 is 1.62 bits per heavy atom. The number of nitrogens with zero attached hydrogens (tertiary/aromatic N) is 3. The molecule has 0 fully saturated rings. The highest BCUT2D eigenvalue weighted by molar-refractivity contribution is 6.76. The van der Waals surface area contributed by atoms with Crippen molar-refractivity contribution in [2.45, 2.75) is 65.0 Å². The number of aromatic nitrogens is 4. The average molecular weight is 581 g/mol. The van der Waals surface area contributed by atoms with Crippen molar-refractivity contribution in [1.82, 2.24) is 19.7 Å². The largest absolute Gasteiger partial charge is 0.493 e. The molecule has 8 nitrogen and oxygen atoms in total. The fraction of sp³-hybridized carbons (Fsp3) is 0.467. The molecule has 0 saturated heterocycles.